The first-order chi connectivity index (χ1) is 14.2. The quantitative estimate of drug-likeness (QED) is 0.186. The van der Waals surface area contributed by atoms with Crippen molar-refractivity contribution in [3.8, 4) is 5.75 Å². The van der Waals surface area contributed by atoms with Gasteiger partial charge in [-0.05, 0) is 49.3 Å². The van der Waals surface area contributed by atoms with Gasteiger partial charge in [0, 0.05) is 26.2 Å². The van der Waals surface area contributed by atoms with Crippen molar-refractivity contribution in [2.45, 2.75) is 70.4 Å². The van der Waals surface area contributed by atoms with E-state index < -0.39 is 0 Å². The molecule has 2 fully saturated rings. The van der Waals surface area contributed by atoms with Gasteiger partial charge in [0.2, 0.25) is 0 Å². The molecule has 0 saturated heterocycles. The molecule has 0 radical (unpaired) electrons. The Kier molecular flexibility index (Phi) is 11.3. The second-order valence-electron chi connectivity index (χ2n) is 8.28. The molecular formula is C23H37IN4O2. The zero-order chi connectivity index (χ0) is 20.3. The molecule has 2 aliphatic carbocycles. The Morgan fingerprint density at radius 2 is 1.93 bits per heavy atom. The summed E-state index contributed by atoms with van der Waals surface area (Å²) in [7, 11) is 1.80. The summed E-state index contributed by atoms with van der Waals surface area (Å²) in [4.78, 5) is 16.1. The molecule has 0 aliphatic heterocycles. The maximum atomic E-state index is 11.8. The van der Waals surface area contributed by atoms with Gasteiger partial charge in [0.15, 0.2) is 12.6 Å². The molecule has 0 unspecified atom stereocenters. The Balaban J connectivity index is 0.00000320. The standard InChI is InChI=1S/C23H36N4O2.HI/c1-24-23(25-14-6-10-18-7-3-2-4-8-18)26-16-19-9-5-11-21(15-19)29-17-22(28)27-20-12-13-20;/h5,9,11,15,18,20H,2-4,6-8,10,12-14,16-17H2,1H3,(H,27,28)(H2,24,25,26);1H. The van der Waals surface area contributed by atoms with Crippen LogP contribution in [-0.2, 0) is 11.3 Å². The summed E-state index contributed by atoms with van der Waals surface area (Å²) in [6.45, 7) is 1.68. The second kappa shape index (κ2) is 13.7. The predicted molar refractivity (Wildman–Crippen MR) is 133 cm³/mol. The summed E-state index contributed by atoms with van der Waals surface area (Å²) in [5.41, 5.74) is 1.09. The van der Waals surface area contributed by atoms with Gasteiger partial charge in [-0.3, -0.25) is 9.79 Å². The van der Waals surface area contributed by atoms with Crippen molar-refractivity contribution >= 4 is 35.8 Å². The van der Waals surface area contributed by atoms with E-state index in [-0.39, 0.29) is 36.5 Å². The number of aliphatic imine (C=N–C) groups is 1. The highest BCUT2D eigenvalue weighted by Gasteiger charge is 2.23. The number of hydrogen-bond acceptors (Lipinski definition) is 3. The zero-order valence-corrected chi connectivity index (χ0v) is 20.5. The average Bonchev–Trinajstić information content (AvgIpc) is 3.57. The minimum atomic E-state index is -0.0474. The van der Waals surface area contributed by atoms with Gasteiger partial charge in [-0.2, -0.15) is 0 Å². The average molecular weight is 528 g/mol. The van der Waals surface area contributed by atoms with Gasteiger partial charge in [-0.15, -0.1) is 24.0 Å². The topological polar surface area (TPSA) is 74.8 Å². The third-order valence-corrected chi connectivity index (χ3v) is 5.70. The van der Waals surface area contributed by atoms with Crippen molar-refractivity contribution in [2.24, 2.45) is 10.9 Å². The third kappa shape index (κ3) is 9.53. The van der Waals surface area contributed by atoms with Crippen LogP contribution in [0.25, 0.3) is 0 Å². The fourth-order valence-electron chi connectivity index (χ4n) is 3.87. The van der Waals surface area contributed by atoms with E-state index >= 15 is 0 Å². The summed E-state index contributed by atoms with van der Waals surface area (Å²) >= 11 is 0. The van der Waals surface area contributed by atoms with Gasteiger partial charge in [0.05, 0.1) is 0 Å². The van der Waals surface area contributed by atoms with Crippen LogP contribution in [0.2, 0.25) is 0 Å². The number of guanidine groups is 1. The largest absolute Gasteiger partial charge is 0.484 e. The normalized spacial score (nSPS) is 17.0. The van der Waals surface area contributed by atoms with Crippen molar-refractivity contribution < 1.29 is 9.53 Å². The van der Waals surface area contributed by atoms with Crippen LogP contribution in [0.1, 0.15) is 63.4 Å². The minimum absolute atomic E-state index is 0. The van der Waals surface area contributed by atoms with Gasteiger partial charge in [0.1, 0.15) is 5.75 Å². The molecule has 0 bridgehead atoms. The van der Waals surface area contributed by atoms with Gasteiger partial charge < -0.3 is 20.7 Å². The molecule has 6 nitrogen and oxygen atoms in total. The first-order valence-corrected chi connectivity index (χ1v) is 11.2. The van der Waals surface area contributed by atoms with Crippen LogP contribution >= 0.6 is 24.0 Å². The number of nitrogens with zero attached hydrogens (tertiary/aromatic N) is 1. The van der Waals surface area contributed by atoms with Crippen LogP contribution in [-0.4, -0.2) is 38.1 Å². The molecule has 7 heteroatoms. The van der Waals surface area contributed by atoms with Crippen LogP contribution in [0.3, 0.4) is 0 Å². The molecule has 0 spiro atoms. The number of ether oxygens (including phenoxy) is 1. The van der Waals surface area contributed by atoms with E-state index in [9.17, 15) is 4.79 Å². The Hall–Kier alpha value is -1.51. The number of amides is 1. The molecule has 1 aromatic rings. The van der Waals surface area contributed by atoms with E-state index in [0.29, 0.717) is 18.3 Å². The maximum Gasteiger partial charge on any atom is 0.258 e. The highest BCUT2D eigenvalue weighted by molar-refractivity contribution is 14.0. The molecule has 1 amide bonds. The number of rotatable bonds is 10. The molecule has 0 aromatic heterocycles. The molecule has 3 N–H and O–H groups in total. The predicted octanol–water partition coefficient (Wildman–Crippen LogP) is 3.99. The highest BCUT2D eigenvalue weighted by Crippen LogP contribution is 2.26. The Labute approximate surface area is 198 Å². The molecule has 3 rings (SSSR count). The number of nitrogens with one attached hydrogen (secondary N) is 3. The first kappa shape index (κ1) is 24.8. The van der Waals surface area contributed by atoms with Gasteiger partial charge in [0.25, 0.3) is 5.91 Å². The van der Waals surface area contributed by atoms with E-state index in [1.54, 1.807) is 7.05 Å². The van der Waals surface area contributed by atoms with Crippen LogP contribution in [0.4, 0.5) is 0 Å². The van der Waals surface area contributed by atoms with Crippen molar-refractivity contribution in [1.82, 2.24) is 16.0 Å². The fraction of sp³-hybridized carbons (Fsp3) is 0.652. The monoisotopic (exact) mass is 528 g/mol. The highest BCUT2D eigenvalue weighted by atomic mass is 127. The van der Waals surface area contributed by atoms with Crippen molar-refractivity contribution in [3.05, 3.63) is 29.8 Å². The number of benzene rings is 1. The Bertz CT molecular complexity index is 673. The number of carbonyl (C=O) groups is 1. The summed E-state index contributed by atoms with van der Waals surface area (Å²) in [6, 6.07) is 8.20. The van der Waals surface area contributed by atoms with E-state index in [0.717, 1.165) is 36.8 Å². The SMILES string of the molecule is CN=C(NCCCC1CCCCC1)NCc1cccc(OCC(=O)NC2CC2)c1.I. The van der Waals surface area contributed by atoms with Gasteiger partial charge in [-0.1, -0.05) is 44.2 Å². The van der Waals surface area contributed by atoms with E-state index in [1.165, 1.54) is 44.9 Å². The van der Waals surface area contributed by atoms with Gasteiger partial charge >= 0.3 is 0 Å². The summed E-state index contributed by atoms with van der Waals surface area (Å²) in [5.74, 6) is 2.41. The van der Waals surface area contributed by atoms with Crippen LogP contribution in [0.5, 0.6) is 5.75 Å². The Morgan fingerprint density at radius 3 is 2.67 bits per heavy atom. The van der Waals surface area contributed by atoms with E-state index in [4.69, 9.17) is 4.74 Å². The number of halogens is 1. The van der Waals surface area contributed by atoms with Crippen molar-refractivity contribution in [3.63, 3.8) is 0 Å². The molecule has 2 aliphatic rings. The molecular weight excluding hydrogens is 491 g/mol. The van der Waals surface area contributed by atoms with Crippen LogP contribution in [0.15, 0.2) is 29.3 Å². The number of carbonyl (C=O) groups excluding carboxylic acids is 1. The minimum Gasteiger partial charge on any atom is -0.484 e. The third-order valence-electron chi connectivity index (χ3n) is 5.70. The van der Waals surface area contributed by atoms with Crippen LogP contribution < -0.4 is 20.7 Å². The van der Waals surface area contributed by atoms with Gasteiger partial charge in [-0.25, -0.2) is 0 Å². The maximum absolute atomic E-state index is 11.8. The van der Waals surface area contributed by atoms with E-state index in [1.807, 2.05) is 24.3 Å². The van der Waals surface area contributed by atoms with Crippen molar-refractivity contribution in [2.75, 3.05) is 20.2 Å². The molecule has 30 heavy (non-hydrogen) atoms. The summed E-state index contributed by atoms with van der Waals surface area (Å²) < 4.78 is 5.62. The lowest BCUT2D eigenvalue weighted by Crippen LogP contribution is -2.37. The summed E-state index contributed by atoms with van der Waals surface area (Å²) in [6.07, 6.45) is 11.7. The lowest BCUT2D eigenvalue weighted by atomic mass is 9.86. The second-order valence-corrected chi connectivity index (χ2v) is 8.28. The number of hydrogen-bond donors (Lipinski definition) is 3. The molecule has 0 atom stereocenters. The summed E-state index contributed by atoms with van der Waals surface area (Å²) in [5, 5.41) is 9.70. The lowest BCUT2D eigenvalue weighted by Gasteiger charge is -2.21. The molecule has 0 heterocycles. The smallest absolute Gasteiger partial charge is 0.258 e. The van der Waals surface area contributed by atoms with Crippen LogP contribution in [0, 0.1) is 5.92 Å². The molecule has 168 valence electrons. The zero-order valence-electron chi connectivity index (χ0n) is 18.1. The fourth-order valence-corrected chi connectivity index (χ4v) is 3.87. The Morgan fingerprint density at radius 1 is 1.13 bits per heavy atom. The lowest BCUT2D eigenvalue weighted by molar-refractivity contribution is -0.123. The van der Waals surface area contributed by atoms with Crippen molar-refractivity contribution in [1.29, 1.82) is 0 Å². The first-order valence-electron chi connectivity index (χ1n) is 11.2. The van der Waals surface area contributed by atoms with E-state index in [2.05, 4.69) is 20.9 Å². The molecule has 2 saturated carbocycles. The molecule has 1 aromatic carbocycles.